The predicted molar refractivity (Wildman–Crippen MR) is 65.6 cm³/mol. The zero-order valence-electron chi connectivity index (χ0n) is 9.43. The van der Waals surface area contributed by atoms with E-state index in [0.717, 1.165) is 17.1 Å². The second-order valence-corrected chi connectivity index (χ2v) is 3.64. The molecule has 4 heteroatoms. The van der Waals surface area contributed by atoms with Crippen molar-refractivity contribution in [2.75, 3.05) is 0 Å². The molecule has 0 radical (unpaired) electrons. The summed E-state index contributed by atoms with van der Waals surface area (Å²) in [6.45, 7) is 0. The van der Waals surface area contributed by atoms with Crippen LogP contribution in [0.1, 0.15) is 0 Å². The van der Waals surface area contributed by atoms with Gasteiger partial charge in [-0.05, 0) is 12.1 Å². The molecule has 0 saturated carbocycles. The van der Waals surface area contributed by atoms with E-state index in [0.29, 0.717) is 0 Å². The topological polar surface area (TPSA) is 30.7 Å². The molecule has 3 rings (SSSR count). The largest absolute Gasteiger partial charge is 0.323 e. The van der Waals surface area contributed by atoms with Gasteiger partial charge in [-0.3, -0.25) is 0 Å². The maximum atomic E-state index is 4.14. The third kappa shape index (κ3) is 2.41. The minimum Gasteiger partial charge on any atom is -0.323 e. The Labute approximate surface area is 120 Å². The molecular weight excluding hydrogens is 405 g/mol. The van der Waals surface area contributed by atoms with Gasteiger partial charge in [-0.2, -0.15) is 5.10 Å². The number of rotatable bonds is 2. The van der Waals surface area contributed by atoms with Gasteiger partial charge in [0, 0.05) is 26.8 Å². The summed E-state index contributed by atoms with van der Waals surface area (Å²) in [5.74, 6) is 0.803. The van der Waals surface area contributed by atoms with Gasteiger partial charge in [-0.25, -0.2) is 0 Å². The van der Waals surface area contributed by atoms with Crippen molar-refractivity contribution >= 4 is 0 Å². The smallest absolute Gasteiger partial charge is 0.114 e. The van der Waals surface area contributed by atoms with Crippen molar-refractivity contribution < 1.29 is 21.1 Å². The molecule has 3 nitrogen and oxygen atoms in total. The first kappa shape index (κ1) is 12.7. The Morgan fingerprint density at radius 3 is 2.44 bits per heavy atom. The van der Waals surface area contributed by atoms with Gasteiger partial charge in [0.15, 0.2) is 0 Å². The normalized spacial score (nSPS) is 9.78. The molecule has 3 aromatic rings. The van der Waals surface area contributed by atoms with Crippen molar-refractivity contribution in [3.63, 3.8) is 0 Å². The van der Waals surface area contributed by atoms with E-state index in [4.69, 9.17) is 0 Å². The van der Waals surface area contributed by atoms with E-state index in [1.54, 1.807) is 6.33 Å². The Bertz CT molecular complexity index is 551. The van der Waals surface area contributed by atoms with Crippen molar-refractivity contribution in [1.29, 1.82) is 0 Å². The summed E-state index contributed by atoms with van der Waals surface area (Å²) in [4.78, 5) is 0. The fourth-order valence-electron chi connectivity index (χ4n) is 1.73. The van der Waals surface area contributed by atoms with Crippen molar-refractivity contribution in [2.45, 2.75) is 0 Å². The van der Waals surface area contributed by atoms with Crippen LogP contribution < -0.4 is 0 Å². The number of benzene rings is 2. The molecular formula is C14H10N3Pt-. The van der Waals surface area contributed by atoms with Crippen LogP contribution in [0.25, 0.3) is 17.1 Å². The van der Waals surface area contributed by atoms with Gasteiger partial charge in [0.1, 0.15) is 6.33 Å². The van der Waals surface area contributed by atoms with E-state index in [2.05, 4.69) is 16.3 Å². The molecule has 92 valence electrons. The predicted octanol–water partition coefficient (Wildman–Crippen LogP) is 2.73. The Kier molecular flexibility index (Phi) is 4.06. The van der Waals surface area contributed by atoms with E-state index in [9.17, 15) is 0 Å². The zero-order chi connectivity index (χ0) is 11.5. The van der Waals surface area contributed by atoms with Gasteiger partial charge in [0.05, 0.1) is 5.82 Å². The van der Waals surface area contributed by atoms with Crippen LogP contribution in [0, 0.1) is 6.07 Å². The van der Waals surface area contributed by atoms with Crippen LogP contribution in [0.4, 0.5) is 0 Å². The molecule has 0 aliphatic heterocycles. The molecule has 1 heterocycles. The Balaban J connectivity index is 0.00000120. The number of hydrogen-bond acceptors (Lipinski definition) is 2. The van der Waals surface area contributed by atoms with Crippen molar-refractivity contribution in [1.82, 2.24) is 14.8 Å². The molecule has 0 unspecified atom stereocenters. The Hall–Kier alpha value is -1.73. The first-order valence-electron chi connectivity index (χ1n) is 5.38. The number of hydrogen-bond donors (Lipinski definition) is 0. The van der Waals surface area contributed by atoms with Crippen LogP contribution in [0.15, 0.2) is 60.9 Å². The average molecular weight is 415 g/mol. The molecule has 18 heavy (non-hydrogen) atoms. The van der Waals surface area contributed by atoms with E-state index in [1.165, 1.54) is 0 Å². The van der Waals surface area contributed by atoms with Crippen LogP contribution in [0.2, 0.25) is 0 Å². The summed E-state index contributed by atoms with van der Waals surface area (Å²) < 4.78 is 1.95. The first-order chi connectivity index (χ1) is 8.45. The Morgan fingerprint density at radius 1 is 0.944 bits per heavy atom. The maximum absolute atomic E-state index is 4.14. The third-order valence-corrected chi connectivity index (χ3v) is 2.53. The molecule has 0 bridgehead atoms. The molecule has 0 N–H and O–H groups in total. The molecule has 0 amide bonds. The zero-order valence-corrected chi connectivity index (χ0v) is 11.7. The van der Waals surface area contributed by atoms with Crippen LogP contribution in [0.3, 0.4) is 0 Å². The van der Waals surface area contributed by atoms with E-state index < -0.39 is 0 Å². The van der Waals surface area contributed by atoms with Gasteiger partial charge in [0.25, 0.3) is 0 Å². The summed E-state index contributed by atoms with van der Waals surface area (Å²) in [6, 6.07) is 20.9. The van der Waals surface area contributed by atoms with Gasteiger partial charge >= 0.3 is 0 Å². The summed E-state index contributed by atoms with van der Waals surface area (Å²) in [5, 5.41) is 8.11. The summed E-state index contributed by atoms with van der Waals surface area (Å²) >= 11 is 0. The van der Waals surface area contributed by atoms with E-state index in [-0.39, 0.29) is 21.1 Å². The minimum atomic E-state index is 0. The fraction of sp³-hybridized carbons (Fsp3) is 0. The van der Waals surface area contributed by atoms with Gasteiger partial charge in [-0.1, -0.05) is 18.2 Å². The minimum absolute atomic E-state index is 0. The van der Waals surface area contributed by atoms with Crippen LogP contribution in [-0.2, 0) is 21.1 Å². The Morgan fingerprint density at radius 2 is 1.72 bits per heavy atom. The molecule has 0 spiro atoms. The monoisotopic (exact) mass is 415 g/mol. The summed E-state index contributed by atoms with van der Waals surface area (Å²) in [5.41, 5.74) is 1.98. The molecule has 0 saturated heterocycles. The molecule has 0 atom stereocenters. The fourth-order valence-corrected chi connectivity index (χ4v) is 1.73. The van der Waals surface area contributed by atoms with Crippen LogP contribution in [-0.4, -0.2) is 14.8 Å². The maximum Gasteiger partial charge on any atom is 0.114 e. The molecule has 0 fully saturated rings. The number of aromatic nitrogens is 3. The SMILES string of the molecule is [Pt].[c-]1ccccc1-c1nncn1-c1ccccc1. The number of nitrogens with zero attached hydrogens (tertiary/aromatic N) is 3. The second kappa shape index (κ2) is 5.74. The second-order valence-electron chi connectivity index (χ2n) is 3.64. The van der Waals surface area contributed by atoms with Gasteiger partial charge in [0.2, 0.25) is 0 Å². The standard InChI is InChI=1S/C14H10N3.Pt/c1-3-7-12(8-4-1)14-16-15-11-17(14)13-9-5-2-6-10-13;/h1-7,9-11H;/q-1;. The average Bonchev–Trinajstić information content (AvgIpc) is 2.90. The summed E-state index contributed by atoms with van der Waals surface area (Å²) in [7, 11) is 0. The summed E-state index contributed by atoms with van der Waals surface area (Å²) in [6.07, 6.45) is 1.71. The van der Waals surface area contributed by atoms with Gasteiger partial charge < -0.3 is 4.57 Å². The van der Waals surface area contributed by atoms with Crippen molar-refractivity contribution in [2.24, 2.45) is 0 Å². The molecule has 1 aromatic heterocycles. The van der Waals surface area contributed by atoms with Crippen molar-refractivity contribution in [3.05, 3.63) is 67.0 Å². The molecule has 0 aliphatic carbocycles. The number of para-hydroxylation sites is 1. The first-order valence-corrected chi connectivity index (χ1v) is 5.38. The quantitative estimate of drug-likeness (QED) is 0.603. The van der Waals surface area contributed by atoms with Crippen LogP contribution >= 0.6 is 0 Å². The van der Waals surface area contributed by atoms with Gasteiger partial charge in [-0.15, -0.1) is 41.0 Å². The van der Waals surface area contributed by atoms with Crippen molar-refractivity contribution in [3.8, 4) is 17.1 Å². The van der Waals surface area contributed by atoms with E-state index in [1.807, 2.05) is 59.2 Å². The molecule has 0 aliphatic rings. The van der Waals surface area contributed by atoms with Crippen LogP contribution in [0.5, 0.6) is 0 Å². The molecule has 2 aromatic carbocycles. The third-order valence-electron chi connectivity index (χ3n) is 2.53. The van der Waals surface area contributed by atoms with E-state index >= 15 is 0 Å².